The highest BCUT2D eigenvalue weighted by Gasteiger charge is 2.42. The molecule has 2 heterocycles. The van der Waals surface area contributed by atoms with E-state index in [4.69, 9.17) is 11.6 Å². The number of nitrogens with one attached hydrogen (secondary N) is 1. The molecule has 2 aromatic carbocycles. The van der Waals surface area contributed by atoms with E-state index in [1.807, 2.05) is 36.2 Å². The first-order valence-electron chi connectivity index (χ1n) is 14.0. The van der Waals surface area contributed by atoms with Crippen molar-refractivity contribution in [1.29, 1.82) is 0 Å². The van der Waals surface area contributed by atoms with Crippen LogP contribution in [0, 0.1) is 19.8 Å². The van der Waals surface area contributed by atoms with Gasteiger partial charge in [-0.25, -0.2) is 0 Å². The first kappa shape index (κ1) is 28.1. The van der Waals surface area contributed by atoms with Crippen LogP contribution in [0.2, 0.25) is 5.02 Å². The first-order chi connectivity index (χ1) is 18.8. The Labute approximate surface area is 241 Å². The van der Waals surface area contributed by atoms with Crippen molar-refractivity contribution in [3.63, 3.8) is 0 Å². The van der Waals surface area contributed by atoms with Crippen molar-refractivity contribution >= 4 is 46.9 Å². The number of benzene rings is 2. The second kappa shape index (κ2) is 12.4. The Hall–Kier alpha value is -2.48. The smallest absolute Gasteiger partial charge is 0.260 e. The largest absolute Gasteiger partial charge is 0.369 e. The van der Waals surface area contributed by atoms with E-state index in [2.05, 4.69) is 53.2 Å². The predicted molar refractivity (Wildman–Crippen MR) is 162 cm³/mol. The van der Waals surface area contributed by atoms with Crippen LogP contribution in [0.5, 0.6) is 0 Å². The van der Waals surface area contributed by atoms with Crippen molar-refractivity contribution < 1.29 is 9.59 Å². The molecular formula is C31H39ClN4O2S. The second-order valence-electron chi connectivity index (χ2n) is 11.1. The lowest BCUT2D eigenvalue weighted by Crippen LogP contribution is -2.53. The molecule has 0 radical (unpaired) electrons. The van der Waals surface area contributed by atoms with E-state index < -0.39 is 0 Å². The number of hydrogen-bond donors (Lipinski definition) is 1. The van der Waals surface area contributed by atoms with Gasteiger partial charge in [0.1, 0.15) is 0 Å². The van der Waals surface area contributed by atoms with Crippen LogP contribution in [-0.2, 0) is 9.59 Å². The zero-order valence-corrected chi connectivity index (χ0v) is 24.7. The lowest BCUT2D eigenvalue weighted by Gasteiger charge is -2.44. The fraction of sp³-hybridized carbons (Fsp3) is 0.484. The summed E-state index contributed by atoms with van der Waals surface area (Å²) in [4.78, 5) is 33.7. The summed E-state index contributed by atoms with van der Waals surface area (Å²) in [7, 11) is 1.90. The minimum absolute atomic E-state index is 0.0351. The van der Waals surface area contributed by atoms with Crippen molar-refractivity contribution in [2.24, 2.45) is 5.92 Å². The van der Waals surface area contributed by atoms with Crippen LogP contribution < -0.4 is 10.2 Å². The molecule has 1 saturated carbocycles. The number of rotatable bonds is 6. The molecule has 6 nitrogen and oxygen atoms in total. The zero-order valence-electron chi connectivity index (χ0n) is 23.2. The molecule has 0 spiro atoms. The van der Waals surface area contributed by atoms with Crippen molar-refractivity contribution in [1.82, 2.24) is 15.1 Å². The van der Waals surface area contributed by atoms with E-state index in [1.54, 1.807) is 11.8 Å². The fourth-order valence-corrected chi connectivity index (χ4v) is 7.71. The van der Waals surface area contributed by atoms with Gasteiger partial charge in [-0.15, -0.1) is 11.8 Å². The Morgan fingerprint density at radius 3 is 2.67 bits per heavy atom. The molecular weight excluding hydrogens is 528 g/mol. The Morgan fingerprint density at radius 2 is 1.90 bits per heavy atom. The highest BCUT2D eigenvalue weighted by atomic mass is 35.5. The number of likely N-dealkylation sites (N-methyl/N-ethyl adjacent to an activating group) is 1. The van der Waals surface area contributed by atoms with Gasteiger partial charge in [0.05, 0.1) is 4.91 Å². The zero-order chi connectivity index (χ0) is 27.5. The second-order valence-corrected chi connectivity index (χ2v) is 12.8. The number of piperazine rings is 1. The molecule has 0 aromatic heterocycles. The molecule has 2 amide bonds. The Morgan fingerprint density at radius 1 is 1.10 bits per heavy atom. The van der Waals surface area contributed by atoms with E-state index >= 15 is 0 Å². The Kier molecular flexibility index (Phi) is 8.89. The molecule has 1 aliphatic carbocycles. The fourth-order valence-electron chi connectivity index (χ4n) is 6.06. The van der Waals surface area contributed by atoms with Crippen LogP contribution >= 0.6 is 23.4 Å². The number of halogens is 1. The lowest BCUT2D eigenvalue weighted by molar-refractivity contribution is -0.131. The van der Waals surface area contributed by atoms with E-state index in [-0.39, 0.29) is 23.8 Å². The standard InChI is InChI=1S/C31H39ClN4O2S/c1-21-5-4-6-23(17-21)18-29-31(38)34(3)27-19-24(8-10-28(27)39-29)30(37)33-11-12-35-13-15-36(16-14-35)26-20-25(32)9-7-22(26)2/h4-7,9,17-18,20,24,27-28H,8,10-16,19H2,1-3H3,(H,33,37)/b29-18+. The van der Waals surface area contributed by atoms with Gasteiger partial charge >= 0.3 is 0 Å². The van der Waals surface area contributed by atoms with Crippen LogP contribution in [-0.4, -0.2) is 79.2 Å². The first-order valence-corrected chi connectivity index (χ1v) is 15.3. The predicted octanol–water partition coefficient (Wildman–Crippen LogP) is 4.98. The van der Waals surface area contributed by atoms with E-state index in [9.17, 15) is 9.59 Å². The van der Waals surface area contributed by atoms with Gasteiger partial charge in [-0.2, -0.15) is 0 Å². The van der Waals surface area contributed by atoms with Gasteiger partial charge in [0.25, 0.3) is 5.91 Å². The Bertz CT molecular complexity index is 1240. The van der Waals surface area contributed by atoms with Gasteiger partial charge in [0, 0.05) is 74.2 Å². The van der Waals surface area contributed by atoms with Crippen LogP contribution in [0.25, 0.3) is 6.08 Å². The van der Waals surface area contributed by atoms with Crippen molar-refractivity contribution in [2.45, 2.75) is 44.4 Å². The lowest BCUT2D eigenvalue weighted by atomic mass is 9.83. The quantitative estimate of drug-likeness (QED) is 0.500. The summed E-state index contributed by atoms with van der Waals surface area (Å²) in [5.74, 6) is 0.163. The van der Waals surface area contributed by atoms with E-state index in [0.29, 0.717) is 11.8 Å². The third-order valence-corrected chi connectivity index (χ3v) is 10.0. The van der Waals surface area contributed by atoms with Crippen LogP contribution in [0.4, 0.5) is 5.69 Å². The maximum Gasteiger partial charge on any atom is 0.260 e. The van der Waals surface area contributed by atoms with Crippen molar-refractivity contribution in [2.75, 3.05) is 51.2 Å². The summed E-state index contributed by atoms with van der Waals surface area (Å²) in [6.45, 7) is 9.56. The highest BCUT2D eigenvalue weighted by Crippen LogP contribution is 2.43. The third-order valence-electron chi connectivity index (χ3n) is 8.38. The summed E-state index contributed by atoms with van der Waals surface area (Å²) >= 11 is 7.92. The molecule has 2 saturated heterocycles. The molecule has 208 valence electrons. The number of anilines is 1. The number of nitrogens with zero attached hydrogens (tertiary/aromatic N) is 3. The van der Waals surface area contributed by atoms with Gasteiger partial charge in [0.2, 0.25) is 5.91 Å². The van der Waals surface area contributed by atoms with Crippen molar-refractivity contribution in [3.8, 4) is 0 Å². The molecule has 5 rings (SSSR count). The van der Waals surface area contributed by atoms with Gasteiger partial charge in [-0.1, -0.05) is 47.5 Å². The molecule has 1 N–H and O–H groups in total. The minimum atomic E-state index is -0.0351. The van der Waals surface area contributed by atoms with Gasteiger partial charge in [0.15, 0.2) is 0 Å². The minimum Gasteiger partial charge on any atom is -0.369 e. The number of amides is 2. The maximum absolute atomic E-state index is 13.2. The third kappa shape index (κ3) is 6.64. The average Bonchev–Trinajstić information content (AvgIpc) is 2.93. The molecule has 2 aliphatic heterocycles. The molecule has 8 heteroatoms. The van der Waals surface area contributed by atoms with E-state index in [0.717, 1.165) is 67.5 Å². The topological polar surface area (TPSA) is 55.9 Å². The van der Waals surface area contributed by atoms with Gasteiger partial charge < -0.3 is 15.1 Å². The SMILES string of the molecule is Cc1cccc(/C=C2/SC3CCC(C(=O)NCCN4CCN(c5cc(Cl)ccc5C)CC4)CC3N(C)C2=O)c1. The molecule has 39 heavy (non-hydrogen) atoms. The number of thioether (sulfide) groups is 1. The average molecular weight is 567 g/mol. The number of hydrogen-bond acceptors (Lipinski definition) is 5. The van der Waals surface area contributed by atoms with E-state index in [1.165, 1.54) is 16.8 Å². The number of fused-ring (bicyclic) bond motifs is 1. The molecule has 3 aliphatic rings. The number of carbonyl (C=O) groups excluding carboxylic acids is 2. The Balaban J connectivity index is 1.08. The molecule has 3 atom stereocenters. The van der Waals surface area contributed by atoms with Crippen LogP contribution in [0.3, 0.4) is 0 Å². The van der Waals surface area contributed by atoms with Crippen molar-refractivity contribution in [3.05, 3.63) is 69.1 Å². The summed E-state index contributed by atoms with van der Waals surface area (Å²) < 4.78 is 0. The monoisotopic (exact) mass is 566 g/mol. The molecule has 3 fully saturated rings. The normalized spacial score (nSPS) is 25.1. The number of carbonyl (C=O) groups is 2. The molecule has 0 bridgehead atoms. The van der Waals surface area contributed by atoms with Gasteiger partial charge in [-0.05, 0) is 62.4 Å². The summed E-state index contributed by atoms with van der Waals surface area (Å²) in [6, 6.07) is 14.4. The summed E-state index contributed by atoms with van der Waals surface area (Å²) in [5, 5.41) is 4.31. The molecule has 3 unspecified atom stereocenters. The maximum atomic E-state index is 13.2. The molecule has 2 aromatic rings. The summed E-state index contributed by atoms with van der Waals surface area (Å²) in [6.07, 6.45) is 4.57. The highest BCUT2D eigenvalue weighted by molar-refractivity contribution is 8.04. The van der Waals surface area contributed by atoms with Gasteiger partial charge in [-0.3, -0.25) is 14.5 Å². The van der Waals surface area contributed by atoms with Crippen LogP contribution in [0.1, 0.15) is 36.0 Å². The van der Waals surface area contributed by atoms with Crippen LogP contribution in [0.15, 0.2) is 47.4 Å². The summed E-state index contributed by atoms with van der Waals surface area (Å²) in [5.41, 5.74) is 4.71. The number of aryl methyl sites for hydroxylation is 2.